The van der Waals surface area contributed by atoms with Gasteiger partial charge in [-0.25, -0.2) is 0 Å². The number of nitrogens with zero attached hydrogens (tertiary/aromatic N) is 2. The lowest BCUT2D eigenvalue weighted by Crippen LogP contribution is -2.43. The van der Waals surface area contributed by atoms with E-state index >= 15 is 0 Å². The number of hydrogen-bond donors (Lipinski definition) is 1. The third-order valence-corrected chi connectivity index (χ3v) is 6.91. The number of amides is 1. The molecule has 2 heterocycles. The fourth-order valence-corrected chi connectivity index (χ4v) is 4.77. The quantitative estimate of drug-likeness (QED) is 0.652. The van der Waals surface area contributed by atoms with E-state index in [-0.39, 0.29) is 11.9 Å². The van der Waals surface area contributed by atoms with E-state index < -0.39 is 6.04 Å². The van der Waals surface area contributed by atoms with Crippen molar-refractivity contribution in [3.05, 3.63) is 48.1 Å². The van der Waals surface area contributed by atoms with Crippen LogP contribution in [0.25, 0.3) is 5.57 Å². The molecule has 1 N–H and O–H groups in total. The van der Waals surface area contributed by atoms with Gasteiger partial charge in [-0.1, -0.05) is 49.6 Å². The molecular weight excluding hydrogens is 414 g/mol. The Morgan fingerprint density at radius 2 is 1.94 bits per heavy atom. The molecule has 178 valence electrons. The highest BCUT2D eigenvalue weighted by molar-refractivity contribution is 6.11. The lowest BCUT2D eigenvalue weighted by molar-refractivity contribution is -0.122. The van der Waals surface area contributed by atoms with Gasteiger partial charge in [0.1, 0.15) is 18.4 Å². The van der Waals surface area contributed by atoms with Crippen LogP contribution >= 0.6 is 0 Å². The molecule has 1 amide bonds. The van der Waals surface area contributed by atoms with Crippen LogP contribution < -0.4 is 10.1 Å². The van der Waals surface area contributed by atoms with Crippen LogP contribution in [-0.2, 0) is 9.53 Å². The maximum absolute atomic E-state index is 12.8. The molecule has 1 aromatic rings. The molecule has 0 aromatic heterocycles. The van der Waals surface area contributed by atoms with Crippen molar-refractivity contribution in [2.75, 3.05) is 39.5 Å². The monoisotopic (exact) mass is 451 g/mol. The van der Waals surface area contributed by atoms with E-state index in [1.165, 1.54) is 32.1 Å². The first-order valence-corrected chi connectivity index (χ1v) is 12.4. The molecule has 33 heavy (non-hydrogen) atoms. The third kappa shape index (κ3) is 7.02. The molecule has 4 rings (SSSR count). The van der Waals surface area contributed by atoms with Crippen molar-refractivity contribution < 1.29 is 14.3 Å². The lowest BCUT2D eigenvalue weighted by Gasteiger charge is -2.28. The van der Waals surface area contributed by atoms with Crippen LogP contribution in [-0.4, -0.2) is 68.6 Å². The number of ether oxygens (including phenoxy) is 2. The van der Waals surface area contributed by atoms with E-state index in [0.717, 1.165) is 49.7 Å². The number of hydrogen-bond acceptors (Lipinski definition) is 5. The normalized spacial score (nSPS) is 22.9. The van der Waals surface area contributed by atoms with Crippen LogP contribution in [0.2, 0.25) is 0 Å². The smallest absolute Gasteiger partial charge is 0.248 e. The van der Waals surface area contributed by atoms with Crippen LogP contribution in [0, 0.1) is 5.92 Å². The predicted molar refractivity (Wildman–Crippen MR) is 133 cm³/mol. The molecular formula is C27H37N3O3. The average Bonchev–Trinajstić information content (AvgIpc) is 3.12. The number of carbonyl (C=O) groups is 1. The van der Waals surface area contributed by atoms with Gasteiger partial charge in [-0.15, -0.1) is 0 Å². The molecule has 1 saturated heterocycles. The van der Waals surface area contributed by atoms with Crippen molar-refractivity contribution in [1.82, 2.24) is 10.2 Å². The molecule has 0 radical (unpaired) electrons. The Labute approximate surface area is 197 Å². The number of allylic oxidation sites excluding steroid dienone is 3. The summed E-state index contributed by atoms with van der Waals surface area (Å²) in [6, 6.07) is 7.80. The van der Waals surface area contributed by atoms with Gasteiger partial charge in [-0.05, 0) is 49.0 Å². The summed E-state index contributed by atoms with van der Waals surface area (Å²) in [5.74, 6) is 1.44. The Balaban J connectivity index is 1.26. The SMILES string of the molecule is C[C@@H](NC(=O)C1C=CC=C(c2ccc(OCCN3CCOCC3)cc2)C=N1)C1CCCCC1. The van der Waals surface area contributed by atoms with Crippen LogP contribution in [0.3, 0.4) is 0 Å². The fraction of sp³-hybridized carbons (Fsp3) is 0.556. The molecule has 6 nitrogen and oxygen atoms in total. The lowest BCUT2D eigenvalue weighted by atomic mass is 9.84. The Morgan fingerprint density at radius 3 is 2.70 bits per heavy atom. The van der Waals surface area contributed by atoms with Gasteiger partial charge in [0.15, 0.2) is 0 Å². The molecule has 1 unspecified atom stereocenters. The van der Waals surface area contributed by atoms with Gasteiger partial charge in [0, 0.05) is 31.9 Å². The molecule has 2 fully saturated rings. The zero-order valence-electron chi connectivity index (χ0n) is 19.7. The van der Waals surface area contributed by atoms with Crippen molar-refractivity contribution in [3.8, 4) is 5.75 Å². The van der Waals surface area contributed by atoms with Crippen molar-refractivity contribution in [2.45, 2.75) is 51.1 Å². The molecule has 0 bridgehead atoms. The van der Waals surface area contributed by atoms with E-state index in [2.05, 4.69) is 22.1 Å². The van der Waals surface area contributed by atoms with Gasteiger partial charge in [0.2, 0.25) is 5.91 Å². The number of carbonyl (C=O) groups excluding carboxylic acids is 1. The summed E-state index contributed by atoms with van der Waals surface area (Å²) in [6.07, 6.45) is 13.9. The fourth-order valence-electron chi connectivity index (χ4n) is 4.77. The number of morpholine rings is 1. The van der Waals surface area contributed by atoms with Gasteiger partial charge in [0.05, 0.1) is 13.2 Å². The summed E-state index contributed by atoms with van der Waals surface area (Å²) < 4.78 is 11.3. The summed E-state index contributed by atoms with van der Waals surface area (Å²) in [5.41, 5.74) is 2.04. The topological polar surface area (TPSA) is 63.2 Å². The minimum Gasteiger partial charge on any atom is -0.492 e. The number of benzene rings is 1. The minimum absolute atomic E-state index is 0.0146. The van der Waals surface area contributed by atoms with E-state index in [1.54, 1.807) is 0 Å². The minimum atomic E-state index is -0.479. The Morgan fingerprint density at radius 1 is 1.18 bits per heavy atom. The summed E-state index contributed by atoms with van der Waals surface area (Å²) >= 11 is 0. The third-order valence-electron chi connectivity index (χ3n) is 6.91. The molecule has 3 aliphatic rings. The highest BCUT2D eigenvalue weighted by Crippen LogP contribution is 2.26. The van der Waals surface area contributed by atoms with Crippen LogP contribution in [0.1, 0.15) is 44.6 Å². The molecule has 0 spiro atoms. The summed E-state index contributed by atoms with van der Waals surface area (Å²) in [6.45, 7) is 7.28. The van der Waals surface area contributed by atoms with E-state index in [1.807, 2.05) is 48.7 Å². The first kappa shape index (κ1) is 23.7. The van der Waals surface area contributed by atoms with Gasteiger partial charge < -0.3 is 14.8 Å². The van der Waals surface area contributed by atoms with Crippen LogP contribution in [0.15, 0.2) is 47.5 Å². The second-order valence-corrected chi connectivity index (χ2v) is 9.25. The number of aliphatic imine (C=N–C) groups is 1. The summed E-state index contributed by atoms with van der Waals surface area (Å²) in [5, 5.41) is 3.20. The van der Waals surface area contributed by atoms with Gasteiger partial charge in [0.25, 0.3) is 0 Å². The first-order chi connectivity index (χ1) is 16.2. The summed E-state index contributed by atoms with van der Waals surface area (Å²) in [4.78, 5) is 19.7. The van der Waals surface area contributed by atoms with Crippen LogP contribution in [0.4, 0.5) is 0 Å². The van der Waals surface area contributed by atoms with Crippen molar-refractivity contribution >= 4 is 17.7 Å². The Kier molecular flexibility index (Phi) is 8.72. The Hall–Kier alpha value is -2.44. The second kappa shape index (κ2) is 12.1. The standard InChI is InChI=1S/C27H37N3O3/c1-21(22-6-3-2-4-7-22)29-27(31)26-9-5-8-24(20-28-26)23-10-12-25(13-11-23)33-19-16-30-14-17-32-18-15-30/h5,8-13,20-22,26H,2-4,6-7,14-19H2,1H3,(H,29,31)/t21-,26?/m1/s1. The molecule has 1 aliphatic carbocycles. The maximum Gasteiger partial charge on any atom is 0.248 e. The predicted octanol–water partition coefficient (Wildman–Crippen LogP) is 3.88. The van der Waals surface area contributed by atoms with Crippen molar-refractivity contribution in [3.63, 3.8) is 0 Å². The zero-order chi connectivity index (χ0) is 22.9. The number of rotatable bonds is 8. The number of nitrogens with one attached hydrogen (secondary N) is 1. The van der Waals surface area contributed by atoms with E-state index in [0.29, 0.717) is 12.5 Å². The molecule has 1 aromatic carbocycles. The van der Waals surface area contributed by atoms with Gasteiger partial charge >= 0.3 is 0 Å². The van der Waals surface area contributed by atoms with Crippen molar-refractivity contribution in [2.24, 2.45) is 10.9 Å². The van der Waals surface area contributed by atoms with Gasteiger partial charge in [-0.3, -0.25) is 14.7 Å². The van der Waals surface area contributed by atoms with E-state index in [9.17, 15) is 4.79 Å². The summed E-state index contributed by atoms with van der Waals surface area (Å²) in [7, 11) is 0. The molecule has 2 atom stereocenters. The Bertz CT molecular complexity index is 850. The highest BCUT2D eigenvalue weighted by atomic mass is 16.5. The first-order valence-electron chi connectivity index (χ1n) is 12.4. The molecule has 2 aliphatic heterocycles. The van der Waals surface area contributed by atoms with Crippen LogP contribution in [0.5, 0.6) is 5.75 Å². The van der Waals surface area contributed by atoms with Gasteiger partial charge in [-0.2, -0.15) is 0 Å². The average molecular weight is 452 g/mol. The van der Waals surface area contributed by atoms with E-state index in [4.69, 9.17) is 9.47 Å². The molecule has 1 saturated carbocycles. The van der Waals surface area contributed by atoms with Crippen molar-refractivity contribution in [1.29, 1.82) is 0 Å². The zero-order valence-corrected chi connectivity index (χ0v) is 19.7. The largest absolute Gasteiger partial charge is 0.492 e. The second-order valence-electron chi connectivity index (χ2n) is 9.25. The molecule has 6 heteroatoms. The maximum atomic E-state index is 12.8. The highest BCUT2D eigenvalue weighted by Gasteiger charge is 2.24.